The second-order valence-corrected chi connectivity index (χ2v) is 9.20. The minimum atomic E-state index is -0.780. The standard InChI is InChI=1S/C23H29F2N3O/c1-15-26-6-7-28(15)22-9-18-12-27(11-17-4-5-20(24)21(25)8-17)13-19(18)10-23(22)29-14-16-2-3-16/h4-8,16,18-19,22-23H,2-3,9-14H2,1H3/t18-,19+,22-,23-/m0/s1. The molecule has 0 amide bonds. The van der Waals surface area contributed by atoms with Crippen molar-refractivity contribution in [3.05, 3.63) is 53.6 Å². The van der Waals surface area contributed by atoms with Gasteiger partial charge in [-0.2, -0.15) is 0 Å². The van der Waals surface area contributed by atoms with E-state index in [4.69, 9.17) is 4.74 Å². The number of benzene rings is 1. The van der Waals surface area contributed by atoms with Gasteiger partial charge in [-0.15, -0.1) is 0 Å². The highest BCUT2D eigenvalue weighted by Crippen LogP contribution is 2.44. The summed E-state index contributed by atoms with van der Waals surface area (Å²) < 4.78 is 35.5. The van der Waals surface area contributed by atoms with Crippen LogP contribution in [0.4, 0.5) is 8.78 Å². The van der Waals surface area contributed by atoms with Crippen molar-refractivity contribution >= 4 is 0 Å². The summed E-state index contributed by atoms with van der Waals surface area (Å²) in [4.78, 5) is 6.83. The summed E-state index contributed by atoms with van der Waals surface area (Å²) in [5, 5.41) is 0. The number of imidazole rings is 1. The number of fused-ring (bicyclic) bond motifs is 1. The highest BCUT2D eigenvalue weighted by atomic mass is 19.2. The summed E-state index contributed by atoms with van der Waals surface area (Å²) >= 11 is 0. The molecule has 4 atom stereocenters. The van der Waals surface area contributed by atoms with Gasteiger partial charge in [0, 0.05) is 38.6 Å². The van der Waals surface area contributed by atoms with Gasteiger partial charge in [-0.05, 0) is 68.1 Å². The molecular formula is C23H29F2N3O. The molecule has 1 aliphatic heterocycles. The van der Waals surface area contributed by atoms with Gasteiger partial charge in [-0.3, -0.25) is 4.90 Å². The first-order chi connectivity index (χ1) is 14.1. The van der Waals surface area contributed by atoms with E-state index >= 15 is 0 Å². The fourth-order valence-corrected chi connectivity index (χ4v) is 5.27. The molecule has 1 saturated heterocycles. The Labute approximate surface area is 170 Å². The molecular weight excluding hydrogens is 372 g/mol. The van der Waals surface area contributed by atoms with Crippen molar-refractivity contribution in [2.24, 2.45) is 17.8 Å². The largest absolute Gasteiger partial charge is 0.376 e. The van der Waals surface area contributed by atoms with E-state index in [2.05, 4.69) is 27.6 Å². The minimum absolute atomic E-state index is 0.230. The van der Waals surface area contributed by atoms with Crippen LogP contribution >= 0.6 is 0 Å². The average Bonchev–Trinajstić information content (AvgIpc) is 3.30. The average molecular weight is 402 g/mol. The number of hydrogen-bond acceptors (Lipinski definition) is 3. The summed E-state index contributed by atoms with van der Waals surface area (Å²) in [6.45, 7) is 5.62. The van der Waals surface area contributed by atoms with Gasteiger partial charge in [-0.1, -0.05) is 6.07 Å². The molecule has 0 bridgehead atoms. The molecule has 2 aromatic rings. The van der Waals surface area contributed by atoms with Crippen molar-refractivity contribution < 1.29 is 13.5 Å². The number of halogens is 2. The zero-order chi connectivity index (χ0) is 20.0. The van der Waals surface area contributed by atoms with Gasteiger partial charge in [-0.25, -0.2) is 13.8 Å². The monoisotopic (exact) mass is 401 g/mol. The van der Waals surface area contributed by atoms with Crippen LogP contribution < -0.4 is 0 Å². The molecule has 0 radical (unpaired) electrons. The van der Waals surface area contributed by atoms with Crippen LogP contribution in [0.25, 0.3) is 0 Å². The van der Waals surface area contributed by atoms with Gasteiger partial charge < -0.3 is 9.30 Å². The maximum atomic E-state index is 13.6. The summed E-state index contributed by atoms with van der Waals surface area (Å²) in [6.07, 6.45) is 8.95. The molecule has 2 heterocycles. The van der Waals surface area contributed by atoms with Crippen molar-refractivity contribution in [2.75, 3.05) is 19.7 Å². The Morgan fingerprint density at radius 2 is 1.90 bits per heavy atom. The molecule has 29 heavy (non-hydrogen) atoms. The van der Waals surface area contributed by atoms with Gasteiger partial charge in [0.1, 0.15) is 5.82 Å². The van der Waals surface area contributed by atoms with E-state index in [9.17, 15) is 8.78 Å². The Bertz CT molecular complexity index is 866. The molecule has 2 saturated carbocycles. The molecule has 0 spiro atoms. The van der Waals surface area contributed by atoms with E-state index in [0.717, 1.165) is 49.8 Å². The highest BCUT2D eigenvalue weighted by Gasteiger charge is 2.44. The number of aromatic nitrogens is 2. The van der Waals surface area contributed by atoms with Crippen LogP contribution in [0.1, 0.15) is 43.1 Å². The number of nitrogens with zero attached hydrogens (tertiary/aromatic N) is 3. The molecule has 2 aliphatic carbocycles. The first-order valence-electron chi connectivity index (χ1n) is 10.8. The van der Waals surface area contributed by atoms with E-state index in [1.54, 1.807) is 6.07 Å². The molecule has 1 aromatic carbocycles. The van der Waals surface area contributed by atoms with Crippen molar-refractivity contribution in [3.63, 3.8) is 0 Å². The van der Waals surface area contributed by atoms with Gasteiger partial charge >= 0.3 is 0 Å². The SMILES string of the molecule is Cc1nccn1[C@H]1C[C@H]2CN(Cc3ccc(F)c(F)c3)C[C@H]2C[C@@H]1OCC1CC1. The topological polar surface area (TPSA) is 30.3 Å². The van der Waals surface area contributed by atoms with Crippen LogP contribution in [-0.2, 0) is 11.3 Å². The molecule has 0 unspecified atom stereocenters. The predicted molar refractivity (Wildman–Crippen MR) is 106 cm³/mol. The fourth-order valence-electron chi connectivity index (χ4n) is 5.27. The minimum Gasteiger partial charge on any atom is -0.376 e. The third kappa shape index (κ3) is 4.10. The van der Waals surface area contributed by atoms with Crippen LogP contribution in [0.5, 0.6) is 0 Å². The van der Waals surface area contributed by atoms with Crippen molar-refractivity contribution in [1.29, 1.82) is 0 Å². The number of ether oxygens (including phenoxy) is 1. The van der Waals surface area contributed by atoms with Crippen molar-refractivity contribution in [2.45, 2.75) is 51.3 Å². The quantitative estimate of drug-likeness (QED) is 0.721. The van der Waals surface area contributed by atoms with Crippen LogP contribution in [0.3, 0.4) is 0 Å². The normalized spacial score (nSPS) is 29.9. The summed E-state index contributed by atoms with van der Waals surface area (Å²) in [6, 6.07) is 4.59. The number of aryl methyl sites for hydroxylation is 1. The zero-order valence-corrected chi connectivity index (χ0v) is 16.9. The molecule has 4 nitrogen and oxygen atoms in total. The van der Waals surface area contributed by atoms with Crippen LogP contribution in [0.15, 0.2) is 30.6 Å². The van der Waals surface area contributed by atoms with Crippen LogP contribution in [-0.4, -0.2) is 40.3 Å². The Kier molecular flexibility index (Phi) is 5.16. The van der Waals surface area contributed by atoms with Gasteiger partial charge in [0.2, 0.25) is 0 Å². The number of rotatable bonds is 6. The lowest BCUT2D eigenvalue weighted by molar-refractivity contribution is -0.0343. The maximum Gasteiger partial charge on any atom is 0.159 e. The van der Waals surface area contributed by atoms with Gasteiger partial charge in [0.25, 0.3) is 0 Å². The maximum absolute atomic E-state index is 13.6. The first-order valence-corrected chi connectivity index (χ1v) is 10.8. The Hall–Kier alpha value is -1.79. The van der Waals surface area contributed by atoms with E-state index in [1.165, 1.54) is 25.0 Å². The molecule has 1 aromatic heterocycles. The van der Waals surface area contributed by atoms with Gasteiger partial charge in [0.05, 0.1) is 12.1 Å². The first kappa shape index (κ1) is 19.2. The van der Waals surface area contributed by atoms with E-state index < -0.39 is 11.6 Å². The van der Waals surface area contributed by atoms with Crippen LogP contribution in [0.2, 0.25) is 0 Å². The molecule has 3 aliphatic rings. The lowest BCUT2D eigenvalue weighted by Crippen LogP contribution is -2.38. The van der Waals surface area contributed by atoms with E-state index in [-0.39, 0.29) is 6.10 Å². The highest BCUT2D eigenvalue weighted by molar-refractivity contribution is 5.18. The predicted octanol–water partition coefficient (Wildman–Crippen LogP) is 4.35. The number of likely N-dealkylation sites (tertiary alicyclic amines) is 1. The zero-order valence-electron chi connectivity index (χ0n) is 16.9. The second kappa shape index (κ2) is 7.80. The van der Waals surface area contributed by atoms with E-state index in [1.807, 2.05) is 6.20 Å². The second-order valence-electron chi connectivity index (χ2n) is 9.20. The third-order valence-corrected chi connectivity index (χ3v) is 7.01. The summed E-state index contributed by atoms with van der Waals surface area (Å²) in [7, 11) is 0. The van der Waals surface area contributed by atoms with Crippen molar-refractivity contribution in [1.82, 2.24) is 14.5 Å². The summed E-state index contributed by atoms with van der Waals surface area (Å²) in [5.74, 6) is 1.47. The molecule has 5 rings (SSSR count). The smallest absolute Gasteiger partial charge is 0.159 e. The van der Waals surface area contributed by atoms with Gasteiger partial charge in [0.15, 0.2) is 11.6 Å². The number of hydrogen-bond donors (Lipinski definition) is 0. The molecule has 6 heteroatoms. The lowest BCUT2D eigenvalue weighted by atomic mass is 9.77. The summed E-state index contributed by atoms with van der Waals surface area (Å²) in [5.41, 5.74) is 0.839. The molecule has 3 fully saturated rings. The van der Waals surface area contributed by atoms with Crippen LogP contribution in [0, 0.1) is 36.3 Å². The fraction of sp³-hybridized carbons (Fsp3) is 0.609. The Balaban J connectivity index is 1.29. The third-order valence-electron chi connectivity index (χ3n) is 7.01. The lowest BCUT2D eigenvalue weighted by Gasteiger charge is -2.39. The van der Waals surface area contributed by atoms with E-state index in [0.29, 0.717) is 24.4 Å². The molecule has 156 valence electrons. The Morgan fingerprint density at radius 3 is 2.59 bits per heavy atom. The molecule has 0 N–H and O–H groups in total. The Morgan fingerprint density at radius 1 is 1.10 bits per heavy atom. The van der Waals surface area contributed by atoms with Crippen molar-refractivity contribution in [3.8, 4) is 0 Å².